The molecule has 2 N–H and O–H groups in total. The van der Waals surface area contributed by atoms with Crippen molar-refractivity contribution >= 4 is 11.6 Å². The van der Waals surface area contributed by atoms with Crippen molar-refractivity contribution in [2.75, 3.05) is 25.1 Å². The van der Waals surface area contributed by atoms with Crippen molar-refractivity contribution in [3.8, 4) is 11.5 Å². The number of ether oxygens (including phenoxy) is 1. The molecule has 6 heteroatoms. The number of oxazole rings is 1. The number of hydrogen-bond donors (Lipinski definition) is 2. The van der Waals surface area contributed by atoms with E-state index in [2.05, 4.69) is 15.6 Å². The molecule has 22 heavy (non-hydrogen) atoms. The van der Waals surface area contributed by atoms with Crippen LogP contribution in [0.25, 0.3) is 11.5 Å². The van der Waals surface area contributed by atoms with E-state index in [0.717, 1.165) is 16.8 Å². The number of nitrogens with zero attached hydrogens (tertiary/aromatic N) is 1. The molecule has 2 heterocycles. The van der Waals surface area contributed by atoms with Crippen LogP contribution in [0.5, 0.6) is 0 Å². The number of morpholine rings is 1. The van der Waals surface area contributed by atoms with Crippen LogP contribution < -0.4 is 10.6 Å². The number of aromatic nitrogens is 1. The van der Waals surface area contributed by atoms with E-state index in [-0.39, 0.29) is 11.9 Å². The molecular formula is C16H19N3O3. The minimum Gasteiger partial charge on any atom is -0.444 e. The van der Waals surface area contributed by atoms with Gasteiger partial charge in [0, 0.05) is 17.8 Å². The Morgan fingerprint density at radius 1 is 1.41 bits per heavy atom. The molecule has 1 saturated heterocycles. The zero-order chi connectivity index (χ0) is 15.5. The second-order valence-electron chi connectivity index (χ2n) is 5.39. The van der Waals surface area contributed by atoms with E-state index in [4.69, 9.17) is 9.15 Å². The highest BCUT2D eigenvalue weighted by Gasteiger charge is 2.21. The normalized spacial score (nSPS) is 18.2. The van der Waals surface area contributed by atoms with Gasteiger partial charge in [0.2, 0.25) is 11.8 Å². The molecule has 0 aliphatic carbocycles. The minimum absolute atomic E-state index is 0.0990. The number of amides is 1. The van der Waals surface area contributed by atoms with Crippen molar-refractivity contribution in [2.24, 2.45) is 0 Å². The molecule has 2 aromatic rings. The maximum Gasteiger partial charge on any atom is 0.243 e. The molecule has 0 bridgehead atoms. The summed E-state index contributed by atoms with van der Waals surface area (Å²) in [6.07, 6.45) is 1.61. The molecule has 6 nitrogen and oxygen atoms in total. The summed E-state index contributed by atoms with van der Waals surface area (Å²) in [5.41, 5.74) is 3.46. The van der Waals surface area contributed by atoms with Crippen LogP contribution >= 0.6 is 0 Å². The fourth-order valence-electron chi connectivity index (χ4n) is 2.37. The van der Waals surface area contributed by atoms with Crippen molar-refractivity contribution in [2.45, 2.75) is 19.9 Å². The summed E-state index contributed by atoms with van der Waals surface area (Å²) in [5, 5.41) is 6.04. The maximum absolute atomic E-state index is 12.2. The largest absolute Gasteiger partial charge is 0.444 e. The Morgan fingerprint density at radius 2 is 2.27 bits per heavy atom. The second-order valence-corrected chi connectivity index (χ2v) is 5.39. The SMILES string of the molecule is Cc1coc(-c2cc(NC(=O)C3COCCN3)ccc2C)n1. The molecule has 3 rings (SSSR count). The van der Waals surface area contributed by atoms with E-state index >= 15 is 0 Å². The summed E-state index contributed by atoms with van der Waals surface area (Å²) in [6.45, 7) is 5.58. The van der Waals surface area contributed by atoms with E-state index in [1.54, 1.807) is 6.26 Å². The molecule has 116 valence electrons. The van der Waals surface area contributed by atoms with Gasteiger partial charge < -0.3 is 19.8 Å². The monoisotopic (exact) mass is 301 g/mol. The maximum atomic E-state index is 12.2. The van der Waals surface area contributed by atoms with Crippen molar-refractivity contribution in [3.05, 3.63) is 35.7 Å². The van der Waals surface area contributed by atoms with Crippen LogP contribution in [0.1, 0.15) is 11.3 Å². The smallest absolute Gasteiger partial charge is 0.243 e. The first kappa shape index (κ1) is 14.7. The average molecular weight is 301 g/mol. The van der Waals surface area contributed by atoms with Crippen LogP contribution in [-0.4, -0.2) is 36.7 Å². The summed E-state index contributed by atoms with van der Waals surface area (Å²) in [7, 11) is 0. The highest BCUT2D eigenvalue weighted by Crippen LogP contribution is 2.26. The summed E-state index contributed by atoms with van der Waals surface area (Å²) in [5.74, 6) is 0.461. The summed E-state index contributed by atoms with van der Waals surface area (Å²) >= 11 is 0. The Morgan fingerprint density at radius 3 is 2.95 bits per heavy atom. The molecule has 1 aliphatic heterocycles. The third-order valence-corrected chi connectivity index (χ3v) is 3.59. The molecule has 1 aliphatic rings. The van der Waals surface area contributed by atoms with Crippen molar-refractivity contribution in [1.29, 1.82) is 0 Å². The third kappa shape index (κ3) is 3.18. The van der Waals surface area contributed by atoms with Gasteiger partial charge in [0.15, 0.2) is 0 Å². The van der Waals surface area contributed by atoms with E-state index < -0.39 is 0 Å². The standard InChI is InChI=1S/C16H19N3O3/c1-10-3-4-12(7-13(10)16-18-11(2)8-22-16)19-15(20)14-9-21-6-5-17-14/h3-4,7-8,14,17H,5-6,9H2,1-2H3,(H,19,20). The summed E-state index contributed by atoms with van der Waals surface area (Å²) in [4.78, 5) is 16.6. The predicted molar refractivity (Wildman–Crippen MR) is 82.7 cm³/mol. The number of hydrogen-bond acceptors (Lipinski definition) is 5. The first-order valence-corrected chi connectivity index (χ1v) is 7.28. The van der Waals surface area contributed by atoms with Crippen LogP contribution in [0, 0.1) is 13.8 Å². The molecule has 1 aromatic heterocycles. The number of anilines is 1. The van der Waals surface area contributed by atoms with Gasteiger partial charge in [-0.2, -0.15) is 0 Å². The number of nitrogens with one attached hydrogen (secondary N) is 2. The first-order valence-electron chi connectivity index (χ1n) is 7.28. The van der Waals surface area contributed by atoms with Gasteiger partial charge in [0.1, 0.15) is 12.3 Å². The molecule has 1 atom stereocenters. The van der Waals surface area contributed by atoms with E-state index in [0.29, 0.717) is 31.3 Å². The van der Waals surface area contributed by atoms with Crippen molar-refractivity contribution in [1.82, 2.24) is 10.3 Å². The van der Waals surface area contributed by atoms with Crippen LogP contribution in [0.3, 0.4) is 0 Å². The van der Waals surface area contributed by atoms with Crippen molar-refractivity contribution in [3.63, 3.8) is 0 Å². The molecule has 1 aromatic carbocycles. The zero-order valence-electron chi connectivity index (χ0n) is 12.7. The van der Waals surface area contributed by atoms with Crippen LogP contribution in [0.4, 0.5) is 5.69 Å². The Balaban J connectivity index is 1.78. The van der Waals surface area contributed by atoms with Gasteiger partial charge in [0.25, 0.3) is 0 Å². The molecule has 0 radical (unpaired) electrons. The fraction of sp³-hybridized carbons (Fsp3) is 0.375. The quantitative estimate of drug-likeness (QED) is 0.905. The second kappa shape index (κ2) is 6.29. The summed E-state index contributed by atoms with van der Waals surface area (Å²) in [6, 6.07) is 5.37. The lowest BCUT2D eigenvalue weighted by Crippen LogP contribution is -2.48. The molecule has 0 saturated carbocycles. The fourth-order valence-corrected chi connectivity index (χ4v) is 2.37. The number of carbonyl (C=O) groups excluding carboxylic acids is 1. The van der Waals surface area contributed by atoms with E-state index in [1.165, 1.54) is 0 Å². The zero-order valence-corrected chi connectivity index (χ0v) is 12.7. The molecule has 0 spiro atoms. The Hall–Kier alpha value is -2.18. The van der Waals surface area contributed by atoms with Gasteiger partial charge in [-0.1, -0.05) is 6.07 Å². The number of rotatable bonds is 3. The van der Waals surface area contributed by atoms with Gasteiger partial charge in [-0.25, -0.2) is 4.98 Å². The Labute approximate surface area is 128 Å². The topological polar surface area (TPSA) is 76.4 Å². The van der Waals surface area contributed by atoms with Crippen molar-refractivity contribution < 1.29 is 13.9 Å². The van der Waals surface area contributed by atoms with E-state index in [9.17, 15) is 4.79 Å². The number of carbonyl (C=O) groups is 1. The molecule has 1 amide bonds. The van der Waals surface area contributed by atoms with Gasteiger partial charge in [-0.05, 0) is 31.5 Å². The first-order chi connectivity index (χ1) is 10.6. The lowest BCUT2D eigenvalue weighted by Gasteiger charge is -2.23. The predicted octanol–water partition coefficient (Wildman–Crippen LogP) is 1.89. The lowest BCUT2D eigenvalue weighted by atomic mass is 10.1. The van der Waals surface area contributed by atoms with Gasteiger partial charge >= 0.3 is 0 Å². The van der Waals surface area contributed by atoms with Crippen LogP contribution in [-0.2, 0) is 9.53 Å². The Bertz CT molecular complexity index is 675. The minimum atomic E-state index is -0.317. The highest BCUT2D eigenvalue weighted by molar-refractivity contribution is 5.95. The molecule has 1 unspecified atom stereocenters. The third-order valence-electron chi connectivity index (χ3n) is 3.59. The number of benzene rings is 1. The molecule has 1 fully saturated rings. The number of aryl methyl sites for hydroxylation is 2. The van der Waals surface area contributed by atoms with Gasteiger partial charge in [-0.3, -0.25) is 4.79 Å². The van der Waals surface area contributed by atoms with Crippen LogP contribution in [0.15, 0.2) is 28.9 Å². The molecular weight excluding hydrogens is 282 g/mol. The Kier molecular flexibility index (Phi) is 4.22. The van der Waals surface area contributed by atoms with Gasteiger partial charge in [0.05, 0.1) is 18.9 Å². The average Bonchev–Trinajstić information content (AvgIpc) is 2.96. The van der Waals surface area contributed by atoms with E-state index in [1.807, 2.05) is 32.0 Å². The van der Waals surface area contributed by atoms with Gasteiger partial charge in [-0.15, -0.1) is 0 Å². The summed E-state index contributed by atoms with van der Waals surface area (Å²) < 4.78 is 10.8. The lowest BCUT2D eigenvalue weighted by molar-refractivity contribution is -0.120. The van der Waals surface area contributed by atoms with Crippen LogP contribution in [0.2, 0.25) is 0 Å². The highest BCUT2D eigenvalue weighted by atomic mass is 16.5.